The molecule has 0 fully saturated rings. The molecule has 1 atom stereocenters. The molecule has 188 valence electrons. The van der Waals surface area contributed by atoms with Gasteiger partial charge in [0, 0.05) is 18.3 Å². The Balaban J connectivity index is 1.23. The van der Waals surface area contributed by atoms with Gasteiger partial charge >= 0.3 is 0 Å². The van der Waals surface area contributed by atoms with Crippen LogP contribution in [0.1, 0.15) is 18.0 Å². The number of imidazole rings is 1. The van der Waals surface area contributed by atoms with E-state index in [1.165, 1.54) is 0 Å². The summed E-state index contributed by atoms with van der Waals surface area (Å²) in [5.74, 6) is 2.18. The average Bonchev–Trinajstić information content (AvgIpc) is 3.42. The highest BCUT2D eigenvalue weighted by atomic mass is 16.6. The summed E-state index contributed by atoms with van der Waals surface area (Å²) in [5, 5.41) is 2.90. The predicted molar refractivity (Wildman–Crippen MR) is 138 cm³/mol. The summed E-state index contributed by atoms with van der Waals surface area (Å²) >= 11 is 0. The van der Waals surface area contributed by atoms with Crippen molar-refractivity contribution in [2.24, 2.45) is 0 Å². The van der Waals surface area contributed by atoms with Crippen LogP contribution in [0, 0.1) is 0 Å². The highest BCUT2D eigenvalue weighted by Crippen LogP contribution is 2.37. The molecule has 2 aliphatic heterocycles. The Bertz CT molecular complexity index is 1480. The van der Waals surface area contributed by atoms with Crippen LogP contribution in [0.25, 0.3) is 11.0 Å². The number of benzene rings is 3. The standard InChI is InChI=1S/C28H26N4O5/c1-35-20-9-6-18(7-10-20)12-13-31-27(34)23(32-22-5-3-2-4-21(22)30-28(31)32)17-26(33)29-19-8-11-24-25(16-19)37-15-14-36-24/h2-11,16,23H,12-15,17H2,1H3,(H,29,33)/t23-/m1/s1. The molecule has 9 heteroatoms. The maximum Gasteiger partial charge on any atom is 0.253 e. The van der Waals surface area contributed by atoms with Crippen LogP contribution in [0.15, 0.2) is 66.7 Å². The molecule has 4 aromatic rings. The number of nitrogens with one attached hydrogen (secondary N) is 1. The van der Waals surface area contributed by atoms with E-state index in [9.17, 15) is 9.59 Å². The molecular formula is C28H26N4O5. The quantitative estimate of drug-likeness (QED) is 0.414. The highest BCUT2D eigenvalue weighted by Gasteiger charge is 2.40. The molecule has 6 rings (SSSR count). The predicted octanol–water partition coefficient (Wildman–Crippen LogP) is 3.98. The fraction of sp³-hybridized carbons (Fsp3) is 0.250. The summed E-state index contributed by atoms with van der Waals surface area (Å²) in [4.78, 5) is 33.1. The summed E-state index contributed by atoms with van der Waals surface area (Å²) in [7, 11) is 1.63. The van der Waals surface area contributed by atoms with E-state index in [1.54, 1.807) is 30.2 Å². The second kappa shape index (κ2) is 9.50. The number of fused-ring (bicyclic) bond motifs is 4. The average molecular weight is 499 g/mol. The molecule has 0 saturated carbocycles. The van der Waals surface area contributed by atoms with Crippen molar-refractivity contribution in [2.75, 3.05) is 37.1 Å². The lowest BCUT2D eigenvalue weighted by Crippen LogP contribution is -2.33. The van der Waals surface area contributed by atoms with Gasteiger partial charge in [0.2, 0.25) is 11.9 Å². The highest BCUT2D eigenvalue weighted by molar-refractivity contribution is 6.05. The third-order valence-corrected chi connectivity index (χ3v) is 6.67. The first-order chi connectivity index (χ1) is 18.1. The van der Waals surface area contributed by atoms with Crippen LogP contribution in [-0.2, 0) is 16.0 Å². The molecule has 2 amide bonds. The van der Waals surface area contributed by atoms with Crippen LogP contribution < -0.4 is 24.4 Å². The number of carbonyl (C=O) groups is 2. The van der Waals surface area contributed by atoms with Gasteiger partial charge in [-0.15, -0.1) is 0 Å². The Labute approximate surface area is 213 Å². The Morgan fingerprint density at radius 1 is 1.05 bits per heavy atom. The van der Waals surface area contributed by atoms with Gasteiger partial charge in [0.05, 0.1) is 24.6 Å². The summed E-state index contributed by atoms with van der Waals surface area (Å²) in [6.45, 7) is 1.41. The topological polar surface area (TPSA) is 94.9 Å². The number of hydrogen-bond acceptors (Lipinski definition) is 6. The molecule has 37 heavy (non-hydrogen) atoms. The normalized spacial score (nSPS) is 16.1. The number of hydrogen-bond donors (Lipinski definition) is 1. The lowest BCUT2D eigenvalue weighted by atomic mass is 10.1. The van der Waals surface area contributed by atoms with Gasteiger partial charge in [-0.05, 0) is 48.4 Å². The van der Waals surface area contributed by atoms with Crippen molar-refractivity contribution in [3.8, 4) is 17.2 Å². The van der Waals surface area contributed by atoms with Crippen LogP contribution in [0.5, 0.6) is 17.2 Å². The zero-order valence-electron chi connectivity index (χ0n) is 20.3. The molecule has 1 aromatic heterocycles. The minimum atomic E-state index is -0.685. The maximum atomic E-state index is 13.6. The van der Waals surface area contributed by atoms with E-state index < -0.39 is 6.04 Å². The molecule has 0 aliphatic carbocycles. The molecule has 3 heterocycles. The smallest absolute Gasteiger partial charge is 0.253 e. The molecule has 0 saturated heterocycles. The van der Waals surface area contributed by atoms with Crippen LogP contribution in [-0.4, -0.2) is 48.2 Å². The van der Waals surface area contributed by atoms with Crippen LogP contribution in [0.2, 0.25) is 0 Å². The number of methoxy groups -OCH3 is 1. The van der Waals surface area contributed by atoms with Crippen LogP contribution >= 0.6 is 0 Å². The number of para-hydroxylation sites is 2. The first-order valence-corrected chi connectivity index (χ1v) is 12.2. The van der Waals surface area contributed by atoms with Crippen molar-refractivity contribution in [3.63, 3.8) is 0 Å². The van der Waals surface area contributed by atoms with Gasteiger partial charge in [0.1, 0.15) is 25.0 Å². The molecule has 0 spiro atoms. The molecule has 0 radical (unpaired) electrons. The number of rotatable bonds is 7. The lowest BCUT2D eigenvalue weighted by Gasteiger charge is -2.19. The number of aromatic nitrogens is 2. The monoisotopic (exact) mass is 498 g/mol. The Kier molecular flexibility index (Phi) is 5.88. The van der Waals surface area contributed by atoms with Crippen molar-refractivity contribution in [3.05, 3.63) is 72.3 Å². The van der Waals surface area contributed by atoms with E-state index in [-0.39, 0.29) is 18.2 Å². The van der Waals surface area contributed by atoms with Crippen molar-refractivity contribution >= 4 is 34.5 Å². The van der Waals surface area contributed by atoms with Gasteiger partial charge in [-0.25, -0.2) is 4.98 Å². The zero-order valence-corrected chi connectivity index (χ0v) is 20.3. The lowest BCUT2D eigenvalue weighted by molar-refractivity contribution is -0.124. The summed E-state index contributed by atoms with van der Waals surface area (Å²) in [5.41, 5.74) is 3.29. The Morgan fingerprint density at radius 3 is 2.65 bits per heavy atom. The fourth-order valence-electron chi connectivity index (χ4n) is 4.85. The molecule has 1 N–H and O–H groups in total. The number of amides is 2. The Hall–Kier alpha value is -4.53. The van der Waals surface area contributed by atoms with Crippen molar-refractivity contribution in [1.82, 2.24) is 9.55 Å². The fourth-order valence-corrected chi connectivity index (χ4v) is 4.85. The number of carbonyl (C=O) groups excluding carboxylic acids is 2. The molecule has 0 bridgehead atoms. The molecule has 9 nitrogen and oxygen atoms in total. The Morgan fingerprint density at radius 2 is 1.84 bits per heavy atom. The van der Waals surface area contributed by atoms with Gasteiger partial charge in [-0.3, -0.25) is 19.1 Å². The number of anilines is 2. The van der Waals surface area contributed by atoms with Crippen molar-refractivity contribution in [2.45, 2.75) is 18.9 Å². The third kappa shape index (κ3) is 4.33. The maximum absolute atomic E-state index is 13.6. The van der Waals surface area contributed by atoms with Crippen molar-refractivity contribution in [1.29, 1.82) is 0 Å². The van der Waals surface area contributed by atoms with E-state index >= 15 is 0 Å². The minimum absolute atomic E-state index is 0.0142. The van der Waals surface area contributed by atoms with Gasteiger partial charge in [-0.1, -0.05) is 24.3 Å². The van der Waals surface area contributed by atoms with Gasteiger partial charge in [-0.2, -0.15) is 0 Å². The van der Waals surface area contributed by atoms with E-state index in [1.807, 2.05) is 53.1 Å². The zero-order chi connectivity index (χ0) is 25.4. The largest absolute Gasteiger partial charge is 0.497 e. The van der Waals surface area contributed by atoms with Crippen molar-refractivity contribution < 1.29 is 23.8 Å². The molecule has 2 aliphatic rings. The van der Waals surface area contributed by atoms with Gasteiger partial charge in [0.15, 0.2) is 11.5 Å². The first-order valence-electron chi connectivity index (χ1n) is 12.2. The van der Waals surface area contributed by atoms with E-state index in [4.69, 9.17) is 19.2 Å². The van der Waals surface area contributed by atoms with E-state index in [2.05, 4.69) is 5.32 Å². The summed E-state index contributed by atoms with van der Waals surface area (Å²) in [6, 6.07) is 20.0. The minimum Gasteiger partial charge on any atom is -0.497 e. The summed E-state index contributed by atoms with van der Waals surface area (Å²) < 4.78 is 18.3. The molecular weight excluding hydrogens is 472 g/mol. The van der Waals surface area contributed by atoms with Crippen LogP contribution in [0.4, 0.5) is 11.6 Å². The van der Waals surface area contributed by atoms with Gasteiger partial charge in [0.25, 0.3) is 5.91 Å². The summed E-state index contributed by atoms with van der Waals surface area (Å²) in [6.07, 6.45) is 0.634. The third-order valence-electron chi connectivity index (χ3n) is 6.67. The second-order valence-electron chi connectivity index (χ2n) is 8.99. The molecule has 3 aromatic carbocycles. The first kappa shape index (κ1) is 22.9. The van der Waals surface area contributed by atoms with E-state index in [0.717, 1.165) is 22.3 Å². The SMILES string of the molecule is COc1ccc(CCN2C(=O)[C@@H](CC(=O)Nc3ccc4c(c3)OCCO4)n3c2nc2ccccc23)cc1. The van der Waals surface area contributed by atoms with Crippen LogP contribution in [0.3, 0.4) is 0 Å². The second-order valence-corrected chi connectivity index (χ2v) is 8.99. The van der Waals surface area contributed by atoms with Gasteiger partial charge < -0.3 is 19.5 Å². The number of nitrogens with zero attached hydrogens (tertiary/aromatic N) is 3. The number of ether oxygens (including phenoxy) is 3. The van der Waals surface area contributed by atoms with E-state index in [0.29, 0.717) is 49.3 Å². The molecule has 0 unspecified atom stereocenters.